The standard InChI is InChI=1S/C42H58N6O8/c49-37-31(23-21-29-13-3-1-4-14-29)45-33(39(51)47-27-11-19-35(47)41(53)54)17-7-10-26-44-38(50)32(24-22-30-15-5-2-6-16-30)46-34(18-8-9-25-43-37)40(52)48-28-12-20-36(48)42(55)56/h1-6,13-16,31-36,45-46H,7-12,17-28H2,(H,43,49)(H,44,50)(H,53,54)(H,55,56)/t31-,32-,33-,34-,35-,36-/m0/s1. The summed E-state index contributed by atoms with van der Waals surface area (Å²) >= 11 is 0. The van der Waals surface area contributed by atoms with Crippen LogP contribution < -0.4 is 21.3 Å². The number of amides is 4. The highest BCUT2D eigenvalue weighted by Crippen LogP contribution is 2.22. The molecule has 6 atom stereocenters. The second-order valence-corrected chi connectivity index (χ2v) is 15.2. The molecule has 0 radical (unpaired) electrons. The zero-order valence-electron chi connectivity index (χ0n) is 32.2. The number of rotatable bonds is 10. The highest BCUT2D eigenvalue weighted by atomic mass is 16.4. The number of benzene rings is 2. The van der Waals surface area contributed by atoms with Crippen molar-refractivity contribution in [3.8, 4) is 0 Å². The van der Waals surface area contributed by atoms with E-state index in [1.165, 1.54) is 9.80 Å². The second kappa shape index (κ2) is 21.5. The number of likely N-dealkylation sites (tertiary alicyclic amines) is 2. The lowest BCUT2D eigenvalue weighted by atomic mass is 10.00. The van der Waals surface area contributed by atoms with Crippen molar-refractivity contribution in [1.82, 2.24) is 31.1 Å². The van der Waals surface area contributed by atoms with Crippen molar-refractivity contribution in [2.75, 3.05) is 26.2 Å². The predicted molar refractivity (Wildman–Crippen MR) is 209 cm³/mol. The highest BCUT2D eigenvalue weighted by Gasteiger charge is 2.40. The lowest BCUT2D eigenvalue weighted by molar-refractivity contribution is -0.149. The zero-order chi connectivity index (χ0) is 39.9. The Labute approximate surface area is 329 Å². The van der Waals surface area contributed by atoms with Crippen molar-refractivity contribution in [2.45, 2.75) is 126 Å². The average molecular weight is 775 g/mol. The summed E-state index contributed by atoms with van der Waals surface area (Å²) in [5, 5.41) is 32.4. The van der Waals surface area contributed by atoms with Crippen LogP contribution in [0.15, 0.2) is 60.7 Å². The van der Waals surface area contributed by atoms with E-state index in [4.69, 9.17) is 0 Å². The van der Waals surface area contributed by atoms with Crippen LogP contribution in [0.25, 0.3) is 0 Å². The van der Waals surface area contributed by atoms with Gasteiger partial charge in [-0.15, -0.1) is 0 Å². The summed E-state index contributed by atoms with van der Waals surface area (Å²) in [5.74, 6) is -3.30. The fraction of sp³-hybridized carbons (Fsp3) is 0.571. The van der Waals surface area contributed by atoms with Gasteiger partial charge in [-0.1, -0.05) is 60.7 Å². The molecule has 14 nitrogen and oxygen atoms in total. The van der Waals surface area contributed by atoms with Crippen LogP contribution in [0.1, 0.15) is 88.2 Å². The van der Waals surface area contributed by atoms with Gasteiger partial charge in [0, 0.05) is 26.2 Å². The summed E-state index contributed by atoms with van der Waals surface area (Å²) in [7, 11) is 0. The molecular weight excluding hydrogens is 716 g/mol. The lowest BCUT2D eigenvalue weighted by Crippen LogP contribution is -2.56. The van der Waals surface area contributed by atoms with Gasteiger partial charge < -0.3 is 30.6 Å². The van der Waals surface area contributed by atoms with E-state index in [-0.39, 0.29) is 23.6 Å². The minimum Gasteiger partial charge on any atom is -0.480 e. The molecule has 304 valence electrons. The van der Waals surface area contributed by atoms with Crippen LogP contribution in [-0.4, -0.2) is 118 Å². The van der Waals surface area contributed by atoms with Gasteiger partial charge in [-0.25, -0.2) is 9.59 Å². The molecule has 0 spiro atoms. The molecule has 4 amide bonds. The number of aryl methyl sites for hydroxylation is 2. The molecule has 0 bridgehead atoms. The molecule has 6 N–H and O–H groups in total. The molecule has 56 heavy (non-hydrogen) atoms. The Morgan fingerprint density at radius 1 is 0.554 bits per heavy atom. The average Bonchev–Trinajstić information content (AvgIpc) is 3.91. The fourth-order valence-corrected chi connectivity index (χ4v) is 8.12. The van der Waals surface area contributed by atoms with E-state index in [0.717, 1.165) is 11.1 Å². The van der Waals surface area contributed by atoms with Crippen molar-refractivity contribution in [2.24, 2.45) is 0 Å². The Hall–Kier alpha value is -4.82. The molecule has 5 rings (SSSR count). The maximum absolute atomic E-state index is 14.0. The van der Waals surface area contributed by atoms with Gasteiger partial charge in [-0.05, 0) is 101 Å². The van der Waals surface area contributed by atoms with Crippen molar-refractivity contribution >= 4 is 35.6 Å². The molecule has 0 aliphatic carbocycles. The summed E-state index contributed by atoms with van der Waals surface area (Å²) in [6.07, 6.45) is 6.62. The summed E-state index contributed by atoms with van der Waals surface area (Å²) in [5.41, 5.74) is 2.08. The first kappa shape index (κ1) is 42.3. The van der Waals surface area contributed by atoms with Crippen molar-refractivity contribution in [1.29, 1.82) is 0 Å². The van der Waals surface area contributed by atoms with E-state index in [0.29, 0.717) is 116 Å². The Balaban J connectivity index is 1.35. The van der Waals surface area contributed by atoms with Gasteiger partial charge in [0.1, 0.15) is 12.1 Å². The van der Waals surface area contributed by atoms with Crippen LogP contribution in [0.5, 0.6) is 0 Å². The molecule has 3 aliphatic heterocycles. The molecule has 2 aromatic rings. The molecule has 0 aromatic heterocycles. The van der Waals surface area contributed by atoms with Gasteiger partial charge in [0.25, 0.3) is 0 Å². The smallest absolute Gasteiger partial charge is 0.326 e. The van der Waals surface area contributed by atoms with E-state index in [9.17, 15) is 39.0 Å². The maximum atomic E-state index is 14.0. The summed E-state index contributed by atoms with van der Waals surface area (Å²) in [6.45, 7) is 1.27. The van der Waals surface area contributed by atoms with Crippen LogP contribution in [0.2, 0.25) is 0 Å². The second-order valence-electron chi connectivity index (χ2n) is 15.2. The third-order valence-corrected chi connectivity index (χ3v) is 11.2. The Morgan fingerprint density at radius 2 is 0.946 bits per heavy atom. The zero-order valence-corrected chi connectivity index (χ0v) is 32.2. The van der Waals surface area contributed by atoms with Gasteiger partial charge >= 0.3 is 11.9 Å². The lowest BCUT2D eigenvalue weighted by Gasteiger charge is -2.31. The van der Waals surface area contributed by atoms with Gasteiger partial charge in [-0.3, -0.25) is 29.8 Å². The number of hydrogen-bond acceptors (Lipinski definition) is 8. The van der Waals surface area contributed by atoms with Crippen LogP contribution in [0, 0.1) is 0 Å². The molecular formula is C42H58N6O8. The number of nitrogens with one attached hydrogen (secondary N) is 4. The van der Waals surface area contributed by atoms with E-state index < -0.39 is 48.2 Å². The number of carbonyl (C=O) groups is 6. The van der Waals surface area contributed by atoms with Crippen molar-refractivity contribution < 1.29 is 39.0 Å². The van der Waals surface area contributed by atoms with Gasteiger partial charge in [0.05, 0.1) is 24.2 Å². The third kappa shape index (κ3) is 12.1. The topological polar surface area (TPSA) is 197 Å². The van der Waals surface area contributed by atoms with E-state index in [2.05, 4.69) is 21.3 Å². The summed E-state index contributed by atoms with van der Waals surface area (Å²) in [6, 6.07) is 14.6. The molecule has 0 unspecified atom stereocenters. The number of nitrogens with zero attached hydrogens (tertiary/aromatic N) is 2. The first-order chi connectivity index (χ1) is 27.1. The summed E-state index contributed by atoms with van der Waals surface area (Å²) < 4.78 is 0. The summed E-state index contributed by atoms with van der Waals surface area (Å²) in [4.78, 5) is 82.6. The van der Waals surface area contributed by atoms with Crippen LogP contribution in [0.4, 0.5) is 0 Å². The minimum absolute atomic E-state index is 0.267. The number of carboxylic acids is 2. The third-order valence-electron chi connectivity index (χ3n) is 11.2. The number of carboxylic acid groups (broad SMARTS) is 2. The van der Waals surface area contributed by atoms with Gasteiger partial charge in [0.15, 0.2) is 0 Å². The minimum atomic E-state index is -1.04. The molecule has 0 saturated carbocycles. The Bertz CT molecular complexity index is 1510. The van der Waals surface area contributed by atoms with Crippen LogP contribution >= 0.6 is 0 Å². The Kier molecular flexibility index (Phi) is 16.2. The highest BCUT2D eigenvalue weighted by molar-refractivity contribution is 5.90. The first-order valence-corrected chi connectivity index (χ1v) is 20.3. The molecule has 3 heterocycles. The number of carbonyl (C=O) groups excluding carboxylic acids is 4. The van der Waals surface area contributed by atoms with E-state index in [1.807, 2.05) is 60.7 Å². The SMILES string of the molecule is O=C1NCCCC[C@@H](C(=O)N2CCC[C@H]2C(=O)O)N[C@@H](CCc2ccccc2)C(=O)NCCCC[C@@H](C(=O)N2CCC[C@H]2C(=O)O)N[C@H]1CCc1ccccc1. The van der Waals surface area contributed by atoms with Crippen LogP contribution in [0.3, 0.4) is 0 Å². The van der Waals surface area contributed by atoms with E-state index in [1.54, 1.807) is 0 Å². The van der Waals surface area contributed by atoms with Crippen LogP contribution in [-0.2, 0) is 41.6 Å². The first-order valence-electron chi connectivity index (χ1n) is 20.3. The van der Waals surface area contributed by atoms with Crippen molar-refractivity contribution in [3.63, 3.8) is 0 Å². The monoisotopic (exact) mass is 774 g/mol. The molecule has 14 heteroatoms. The molecule has 3 aliphatic rings. The maximum Gasteiger partial charge on any atom is 0.326 e. The number of hydrogen-bond donors (Lipinski definition) is 6. The predicted octanol–water partition coefficient (Wildman–Crippen LogP) is 2.64. The molecule has 2 aromatic carbocycles. The van der Waals surface area contributed by atoms with Gasteiger partial charge in [-0.2, -0.15) is 0 Å². The normalized spacial score (nSPS) is 26.1. The van der Waals surface area contributed by atoms with Gasteiger partial charge in [0.2, 0.25) is 23.6 Å². The number of aliphatic carboxylic acids is 2. The Morgan fingerprint density at radius 3 is 1.32 bits per heavy atom. The quantitative estimate of drug-likeness (QED) is 0.209. The van der Waals surface area contributed by atoms with E-state index >= 15 is 0 Å². The van der Waals surface area contributed by atoms with Crippen molar-refractivity contribution in [3.05, 3.63) is 71.8 Å². The molecule has 3 fully saturated rings. The molecule has 3 saturated heterocycles. The largest absolute Gasteiger partial charge is 0.480 e. The fourth-order valence-electron chi connectivity index (χ4n) is 8.12.